The Hall–Kier alpha value is -3.51. The van der Waals surface area contributed by atoms with Crippen LogP contribution in [-0.2, 0) is 6.42 Å². The number of benzene rings is 2. The van der Waals surface area contributed by atoms with E-state index in [0.29, 0.717) is 18.5 Å². The van der Waals surface area contributed by atoms with Crippen molar-refractivity contribution in [3.05, 3.63) is 95.6 Å². The quantitative estimate of drug-likeness (QED) is 0.467. The molecule has 5 nitrogen and oxygen atoms in total. The van der Waals surface area contributed by atoms with E-state index in [4.69, 9.17) is 0 Å². The number of hydrogen-bond donors (Lipinski definition) is 2. The molecule has 2 aromatic heterocycles. The van der Waals surface area contributed by atoms with Gasteiger partial charge in [0.15, 0.2) is 0 Å². The number of aliphatic hydroxyl groups is 1. The molecule has 0 bridgehead atoms. The predicted molar refractivity (Wildman–Crippen MR) is 126 cm³/mol. The molecular weight excluding hydrogens is 417 g/mol. The van der Waals surface area contributed by atoms with E-state index >= 15 is 0 Å². The van der Waals surface area contributed by atoms with Gasteiger partial charge in [-0.05, 0) is 71.8 Å². The molecule has 6 heteroatoms. The lowest BCUT2D eigenvalue weighted by atomic mass is 9.92. The molecule has 1 saturated carbocycles. The Morgan fingerprint density at radius 2 is 1.73 bits per heavy atom. The van der Waals surface area contributed by atoms with E-state index in [2.05, 4.69) is 22.5 Å². The third-order valence-electron chi connectivity index (χ3n) is 6.39. The van der Waals surface area contributed by atoms with Crippen molar-refractivity contribution in [1.82, 2.24) is 14.9 Å². The second-order valence-corrected chi connectivity index (χ2v) is 8.71. The lowest BCUT2D eigenvalue weighted by Crippen LogP contribution is -2.45. The molecule has 2 N–H and O–H groups in total. The Morgan fingerprint density at radius 3 is 2.45 bits per heavy atom. The van der Waals surface area contributed by atoms with E-state index in [-0.39, 0.29) is 17.8 Å². The lowest BCUT2D eigenvalue weighted by molar-refractivity contribution is 0.0713. The van der Waals surface area contributed by atoms with Crippen molar-refractivity contribution in [3.8, 4) is 11.1 Å². The van der Waals surface area contributed by atoms with Gasteiger partial charge in [0.1, 0.15) is 11.5 Å². The van der Waals surface area contributed by atoms with E-state index < -0.39 is 6.10 Å². The molecule has 1 aliphatic carbocycles. The molecule has 0 unspecified atom stereocenters. The van der Waals surface area contributed by atoms with Crippen LogP contribution in [-0.4, -0.2) is 32.8 Å². The molecule has 2 aromatic carbocycles. The maximum Gasteiger partial charge on any atom is 0.272 e. The fourth-order valence-corrected chi connectivity index (χ4v) is 4.55. The molecule has 1 amide bonds. The second-order valence-electron chi connectivity index (χ2n) is 8.71. The summed E-state index contributed by atoms with van der Waals surface area (Å²) < 4.78 is 14.9. The van der Waals surface area contributed by atoms with E-state index in [1.54, 1.807) is 16.6 Å². The number of nitrogens with one attached hydrogen (secondary N) is 1. The summed E-state index contributed by atoms with van der Waals surface area (Å²) in [5, 5.41) is 17.7. The van der Waals surface area contributed by atoms with Gasteiger partial charge in [-0.25, -0.2) is 8.91 Å². The maximum absolute atomic E-state index is 13.2. The third-order valence-corrected chi connectivity index (χ3v) is 6.39. The summed E-state index contributed by atoms with van der Waals surface area (Å²) in [5.74, 6) is -0.508. The minimum absolute atomic E-state index is 0.226. The van der Waals surface area contributed by atoms with Gasteiger partial charge in [0, 0.05) is 6.20 Å². The van der Waals surface area contributed by atoms with Gasteiger partial charge < -0.3 is 10.4 Å². The zero-order valence-electron chi connectivity index (χ0n) is 18.2. The first-order chi connectivity index (χ1) is 16.1. The van der Waals surface area contributed by atoms with Crippen LogP contribution >= 0.6 is 0 Å². The van der Waals surface area contributed by atoms with Crippen LogP contribution in [0.15, 0.2) is 72.9 Å². The summed E-state index contributed by atoms with van der Waals surface area (Å²) in [6, 6.07) is 20.1. The van der Waals surface area contributed by atoms with Crippen molar-refractivity contribution >= 4 is 11.4 Å². The highest BCUT2D eigenvalue weighted by atomic mass is 19.1. The van der Waals surface area contributed by atoms with Crippen LogP contribution in [0, 0.1) is 5.82 Å². The number of amides is 1. The molecule has 1 aliphatic rings. The van der Waals surface area contributed by atoms with Crippen molar-refractivity contribution in [1.29, 1.82) is 0 Å². The molecule has 0 aliphatic heterocycles. The number of halogens is 1. The molecule has 0 spiro atoms. The number of nitrogens with zero attached hydrogens (tertiary/aromatic N) is 2. The summed E-state index contributed by atoms with van der Waals surface area (Å²) in [6.45, 7) is 0. The van der Waals surface area contributed by atoms with Crippen molar-refractivity contribution in [2.45, 2.75) is 44.2 Å². The molecule has 0 saturated heterocycles. The largest absolute Gasteiger partial charge is 0.391 e. The summed E-state index contributed by atoms with van der Waals surface area (Å²) in [4.78, 5) is 12.9. The monoisotopic (exact) mass is 443 g/mol. The van der Waals surface area contributed by atoms with Crippen molar-refractivity contribution in [2.75, 3.05) is 0 Å². The van der Waals surface area contributed by atoms with E-state index in [1.807, 2.05) is 36.5 Å². The van der Waals surface area contributed by atoms with Crippen LogP contribution in [0.4, 0.5) is 4.39 Å². The second kappa shape index (κ2) is 9.16. The van der Waals surface area contributed by atoms with Gasteiger partial charge in [0.25, 0.3) is 5.91 Å². The topological polar surface area (TPSA) is 66.6 Å². The van der Waals surface area contributed by atoms with Crippen molar-refractivity contribution in [2.24, 2.45) is 0 Å². The molecule has 0 radical (unpaired) electrons. The van der Waals surface area contributed by atoms with Crippen LogP contribution in [0.2, 0.25) is 0 Å². The summed E-state index contributed by atoms with van der Waals surface area (Å²) in [5.41, 5.74) is 5.38. The zero-order chi connectivity index (χ0) is 22.8. The number of aliphatic hydroxyl groups excluding tert-OH is 1. The third kappa shape index (κ3) is 4.66. The number of carbonyl (C=O) groups excluding carboxylic acids is 1. The molecule has 2 heterocycles. The Labute approximate surface area is 191 Å². The minimum atomic E-state index is -0.503. The molecule has 168 valence electrons. The van der Waals surface area contributed by atoms with Gasteiger partial charge in [-0.2, -0.15) is 5.10 Å². The van der Waals surface area contributed by atoms with E-state index in [9.17, 15) is 14.3 Å². The molecular formula is C27H26FN3O2. The smallest absolute Gasteiger partial charge is 0.272 e. The Balaban J connectivity index is 1.38. The average molecular weight is 444 g/mol. The zero-order valence-corrected chi connectivity index (χ0v) is 18.2. The average Bonchev–Trinajstić information content (AvgIpc) is 3.31. The first-order valence-electron chi connectivity index (χ1n) is 11.4. The minimum Gasteiger partial charge on any atom is -0.391 e. The fraction of sp³-hybridized carbons (Fsp3) is 0.259. The number of fused-ring (bicyclic) bond motifs is 1. The highest BCUT2D eigenvalue weighted by molar-refractivity contribution is 5.93. The van der Waals surface area contributed by atoms with Crippen LogP contribution in [0.25, 0.3) is 16.6 Å². The molecule has 2 atom stereocenters. The van der Waals surface area contributed by atoms with Gasteiger partial charge in [0.2, 0.25) is 0 Å². The van der Waals surface area contributed by atoms with E-state index in [1.165, 1.54) is 12.1 Å². The molecule has 33 heavy (non-hydrogen) atoms. The molecule has 5 rings (SSSR count). The Kier molecular flexibility index (Phi) is 5.92. The molecule has 4 aromatic rings. The number of rotatable bonds is 5. The number of aromatic nitrogens is 2. The number of hydrogen-bond acceptors (Lipinski definition) is 3. The highest BCUT2D eigenvalue weighted by Gasteiger charge is 2.25. The van der Waals surface area contributed by atoms with Gasteiger partial charge in [0.05, 0.1) is 17.7 Å². The van der Waals surface area contributed by atoms with Crippen molar-refractivity contribution in [3.63, 3.8) is 0 Å². The van der Waals surface area contributed by atoms with Gasteiger partial charge in [-0.1, -0.05) is 49.2 Å². The highest BCUT2D eigenvalue weighted by Crippen LogP contribution is 2.23. The molecule has 1 fully saturated rings. The normalized spacial score (nSPS) is 18.4. The first-order valence-corrected chi connectivity index (χ1v) is 11.4. The van der Waals surface area contributed by atoms with Gasteiger partial charge >= 0.3 is 0 Å². The van der Waals surface area contributed by atoms with Crippen LogP contribution in [0.3, 0.4) is 0 Å². The Bertz CT molecular complexity index is 1270. The van der Waals surface area contributed by atoms with Crippen molar-refractivity contribution < 1.29 is 14.3 Å². The fourth-order valence-electron chi connectivity index (χ4n) is 4.55. The van der Waals surface area contributed by atoms with Gasteiger partial charge in [-0.15, -0.1) is 0 Å². The predicted octanol–water partition coefficient (Wildman–Crippen LogP) is 4.76. The summed E-state index contributed by atoms with van der Waals surface area (Å²) >= 11 is 0. The number of carbonyl (C=O) groups is 1. The summed E-state index contributed by atoms with van der Waals surface area (Å²) in [7, 11) is 0. The van der Waals surface area contributed by atoms with E-state index in [0.717, 1.165) is 47.0 Å². The summed E-state index contributed by atoms with van der Waals surface area (Å²) in [6.07, 6.45) is 5.47. The van der Waals surface area contributed by atoms with Crippen LogP contribution in [0.5, 0.6) is 0 Å². The maximum atomic E-state index is 13.2. The Morgan fingerprint density at radius 1 is 1.03 bits per heavy atom. The van der Waals surface area contributed by atoms with Crippen LogP contribution in [0.1, 0.15) is 47.3 Å². The standard InChI is InChI=1S/C27H26FN3O2/c28-22-13-11-20(12-14-22)19-9-7-18(8-10-19)16-21-17-24(30-31-15-3-5-25(21)31)27(33)29-23-4-1-2-6-26(23)32/h3,5,7-15,17,23,26,32H,1-2,4,6,16H2,(H,29,33)/t23-,26-/m0/s1. The van der Waals surface area contributed by atoms with Gasteiger partial charge in [-0.3, -0.25) is 4.79 Å². The SMILES string of the molecule is O=C(N[C@H]1CCCC[C@@H]1O)c1cc(Cc2ccc(-c3ccc(F)cc3)cc2)c2cccn2n1. The van der Waals surface area contributed by atoms with Crippen LogP contribution < -0.4 is 5.32 Å². The first kappa shape index (κ1) is 21.3. The lowest BCUT2D eigenvalue weighted by Gasteiger charge is -2.28.